The van der Waals surface area contributed by atoms with E-state index in [0.29, 0.717) is 10.6 Å². The summed E-state index contributed by atoms with van der Waals surface area (Å²) in [5, 5.41) is 4.64. The van der Waals surface area contributed by atoms with Gasteiger partial charge in [0.05, 0.1) is 13.2 Å². The van der Waals surface area contributed by atoms with Crippen LogP contribution < -0.4 is 0 Å². The summed E-state index contributed by atoms with van der Waals surface area (Å²) >= 11 is 15.9. The van der Waals surface area contributed by atoms with Crippen LogP contribution in [0.3, 0.4) is 0 Å². The van der Waals surface area contributed by atoms with Gasteiger partial charge in [-0.15, -0.1) is 12.6 Å². The maximum atomic E-state index is 13.1. The van der Waals surface area contributed by atoms with Crippen LogP contribution in [0.25, 0.3) is 0 Å². The fourth-order valence-corrected chi connectivity index (χ4v) is 2.69. The number of nitrogens with zero attached hydrogens (tertiary/aromatic N) is 3. The first-order chi connectivity index (χ1) is 11.2. The molecular weight excluding hydrogens is 393 g/mol. The lowest BCUT2D eigenvalue weighted by Gasteiger charge is -2.22. The molecule has 24 heavy (non-hydrogen) atoms. The molecule has 0 amide bonds. The zero-order chi connectivity index (χ0) is 17.9. The molecule has 132 valence electrons. The van der Waals surface area contributed by atoms with Crippen molar-refractivity contribution in [3.8, 4) is 0 Å². The largest absolute Gasteiger partial charge is 0.416 e. The molecule has 0 saturated heterocycles. The fraction of sp³-hybridized carbons (Fsp3) is 0.385. The first kappa shape index (κ1) is 19.3. The molecule has 1 heterocycles. The van der Waals surface area contributed by atoms with E-state index in [0.717, 1.165) is 0 Å². The van der Waals surface area contributed by atoms with Crippen molar-refractivity contribution in [2.24, 2.45) is 0 Å². The quantitative estimate of drug-likeness (QED) is 0.545. The van der Waals surface area contributed by atoms with E-state index >= 15 is 0 Å². The van der Waals surface area contributed by atoms with Gasteiger partial charge >= 0.3 is 12.5 Å². The summed E-state index contributed by atoms with van der Waals surface area (Å²) in [5.41, 5.74) is 0.398. The number of benzene rings is 1. The molecule has 0 bridgehead atoms. The predicted molar refractivity (Wildman–Crippen MR) is 83.4 cm³/mol. The van der Waals surface area contributed by atoms with E-state index < -0.39 is 25.1 Å². The summed E-state index contributed by atoms with van der Waals surface area (Å²) in [6.07, 6.45) is -7.29. The molecule has 0 aliphatic rings. The second-order valence-electron chi connectivity index (χ2n) is 4.78. The molecule has 2 aromatic rings. The van der Waals surface area contributed by atoms with Gasteiger partial charge in [0.1, 0.15) is 6.33 Å². The van der Waals surface area contributed by atoms with Crippen LogP contribution >= 0.6 is 35.8 Å². The molecule has 4 nitrogen and oxygen atoms in total. The molecule has 0 radical (unpaired) electrons. The molecule has 1 unspecified atom stereocenters. The lowest BCUT2D eigenvalue weighted by atomic mass is 10.00. The summed E-state index contributed by atoms with van der Waals surface area (Å²) < 4.78 is 56.1. The fourth-order valence-electron chi connectivity index (χ4n) is 1.94. The van der Waals surface area contributed by atoms with E-state index in [2.05, 4.69) is 27.4 Å². The van der Waals surface area contributed by atoms with Gasteiger partial charge in [-0.3, -0.25) is 0 Å². The van der Waals surface area contributed by atoms with Gasteiger partial charge in [-0.05, 0) is 17.7 Å². The average molecular weight is 404 g/mol. The van der Waals surface area contributed by atoms with Crippen LogP contribution in [-0.2, 0) is 11.3 Å². The first-order valence-electron chi connectivity index (χ1n) is 6.52. The second kappa shape index (κ2) is 7.90. The molecule has 0 fully saturated rings. The van der Waals surface area contributed by atoms with Gasteiger partial charge in [0.25, 0.3) is 0 Å². The molecule has 1 aromatic carbocycles. The van der Waals surface area contributed by atoms with E-state index in [1.54, 1.807) is 0 Å². The van der Waals surface area contributed by atoms with Crippen LogP contribution in [0.15, 0.2) is 29.7 Å². The van der Waals surface area contributed by atoms with Crippen molar-refractivity contribution < 1.29 is 22.3 Å². The Kier molecular flexibility index (Phi) is 6.35. The Morgan fingerprint density at radius 3 is 2.54 bits per heavy atom. The number of aromatic nitrogens is 3. The molecular formula is C13H11Cl2F4N3OS. The number of ether oxygens (including phenoxy) is 1. The Bertz CT molecular complexity index is 702. The Morgan fingerprint density at radius 2 is 2.00 bits per heavy atom. The van der Waals surface area contributed by atoms with Crippen LogP contribution in [-0.4, -0.2) is 33.9 Å². The molecule has 0 spiro atoms. The summed E-state index contributed by atoms with van der Waals surface area (Å²) in [5.74, 6) is -0.799. The first-order valence-corrected chi connectivity index (χ1v) is 7.72. The zero-order valence-electron chi connectivity index (χ0n) is 11.8. The van der Waals surface area contributed by atoms with E-state index in [4.69, 9.17) is 23.2 Å². The maximum absolute atomic E-state index is 13.1. The number of hydrogen-bond donors (Lipinski definition) is 1. The monoisotopic (exact) mass is 403 g/mol. The third kappa shape index (κ3) is 4.75. The van der Waals surface area contributed by atoms with Crippen molar-refractivity contribution in [3.63, 3.8) is 0 Å². The zero-order valence-corrected chi connectivity index (χ0v) is 14.2. The van der Waals surface area contributed by atoms with Crippen molar-refractivity contribution in [1.29, 1.82) is 0 Å². The molecule has 2 rings (SSSR count). The molecule has 0 aliphatic carbocycles. The topological polar surface area (TPSA) is 39.9 Å². The highest BCUT2D eigenvalue weighted by atomic mass is 35.5. The Balaban J connectivity index is 2.26. The van der Waals surface area contributed by atoms with Crippen molar-refractivity contribution in [3.05, 3.63) is 40.1 Å². The van der Waals surface area contributed by atoms with Gasteiger partial charge < -0.3 is 4.74 Å². The van der Waals surface area contributed by atoms with Crippen molar-refractivity contribution >= 4 is 35.8 Å². The van der Waals surface area contributed by atoms with Gasteiger partial charge in [-0.2, -0.15) is 13.9 Å². The molecule has 1 aromatic heterocycles. The van der Waals surface area contributed by atoms with Crippen LogP contribution in [0.5, 0.6) is 0 Å². The highest BCUT2D eigenvalue weighted by molar-refractivity contribution is 7.80. The lowest BCUT2D eigenvalue weighted by molar-refractivity contribution is -0.302. The average Bonchev–Trinajstić information content (AvgIpc) is 2.89. The van der Waals surface area contributed by atoms with Gasteiger partial charge in [0, 0.05) is 16.0 Å². The van der Waals surface area contributed by atoms with E-state index in [1.807, 2.05) is 0 Å². The van der Waals surface area contributed by atoms with Crippen molar-refractivity contribution in [2.75, 3.05) is 6.61 Å². The molecule has 0 aliphatic heterocycles. The third-order valence-electron chi connectivity index (χ3n) is 3.12. The van der Waals surface area contributed by atoms with E-state index in [-0.39, 0.29) is 16.7 Å². The molecule has 1 atom stereocenters. The Labute approximate surface area is 150 Å². The van der Waals surface area contributed by atoms with E-state index in [9.17, 15) is 17.6 Å². The van der Waals surface area contributed by atoms with Gasteiger partial charge in [0.15, 0.2) is 5.16 Å². The lowest BCUT2D eigenvalue weighted by Crippen LogP contribution is -2.32. The maximum Gasteiger partial charge on any atom is 0.416 e. The van der Waals surface area contributed by atoms with Gasteiger partial charge in [-0.1, -0.05) is 29.3 Å². The number of rotatable bonds is 7. The highest BCUT2D eigenvalue weighted by Gasteiger charge is 2.43. The predicted octanol–water partition coefficient (Wildman–Crippen LogP) is 4.53. The van der Waals surface area contributed by atoms with E-state index in [1.165, 1.54) is 29.2 Å². The second-order valence-corrected chi connectivity index (χ2v) is 6.02. The summed E-state index contributed by atoms with van der Waals surface area (Å²) in [4.78, 5) is 3.79. The van der Waals surface area contributed by atoms with Crippen molar-refractivity contribution in [2.45, 2.75) is 30.2 Å². The minimum absolute atomic E-state index is 0.000492. The summed E-state index contributed by atoms with van der Waals surface area (Å²) in [6.45, 7) is -0.717. The highest BCUT2D eigenvalue weighted by Crippen LogP contribution is 2.32. The minimum Gasteiger partial charge on any atom is -0.315 e. The van der Waals surface area contributed by atoms with Crippen LogP contribution in [0.1, 0.15) is 11.5 Å². The molecule has 0 N–H and O–H groups in total. The number of alkyl halides is 4. The smallest absolute Gasteiger partial charge is 0.315 e. The minimum atomic E-state index is -4.57. The standard InChI is InChI=1S/C13H11Cl2F4N3OS/c14-8-1-2-9(10(15)3-8)7(4-22-12(24)20-6-21-22)5-23-13(18,19)11(16)17/h1-3,6-7,11H,4-5H2,(H,20,21,24). The number of hydrogen-bond acceptors (Lipinski definition) is 4. The van der Waals surface area contributed by atoms with Gasteiger partial charge in [-0.25, -0.2) is 18.4 Å². The van der Waals surface area contributed by atoms with Gasteiger partial charge in [0.2, 0.25) is 0 Å². The van der Waals surface area contributed by atoms with Crippen molar-refractivity contribution in [1.82, 2.24) is 14.8 Å². The normalized spacial score (nSPS) is 13.5. The molecule has 0 saturated carbocycles. The Hall–Kier alpha value is -1.03. The SMILES string of the molecule is FC(F)C(F)(F)OCC(Cn1ncnc1S)c1ccc(Cl)cc1Cl. The summed E-state index contributed by atoms with van der Waals surface area (Å²) in [7, 11) is 0. The van der Waals surface area contributed by atoms with Crippen LogP contribution in [0, 0.1) is 0 Å². The summed E-state index contributed by atoms with van der Waals surface area (Å²) in [6, 6.07) is 4.43. The van der Waals surface area contributed by atoms with Crippen LogP contribution in [0.4, 0.5) is 17.6 Å². The van der Waals surface area contributed by atoms with Crippen LogP contribution in [0.2, 0.25) is 10.0 Å². The third-order valence-corrected chi connectivity index (χ3v) is 4.03. The number of halogens is 6. The number of thiol groups is 1. The molecule has 11 heteroatoms. The Morgan fingerprint density at radius 1 is 1.29 bits per heavy atom.